The largest absolute Gasteiger partial charge is 0.381 e. The van der Waals surface area contributed by atoms with Crippen molar-refractivity contribution in [2.45, 2.75) is 44.9 Å². The zero-order chi connectivity index (χ0) is 10.7. The summed E-state index contributed by atoms with van der Waals surface area (Å²) in [5, 5.41) is 0. The van der Waals surface area contributed by atoms with Crippen molar-refractivity contribution in [3.05, 3.63) is 0 Å². The number of piperidine rings is 1. The van der Waals surface area contributed by atoms with E-state index < -0.39 is 6.04 Å². The predicted octanol–water partition coefficient (Wildman–Crippen LogP) is 0.781. The van der Waals surface area contributed by atoms with Crippen molar-refractivity contribution in [2.24, 2.45) is 5.73 Å². The van der Waals surface area contributed by atoms with E-state index in [9.17, 15) is 4.79 Å². The van der Waals surface area contributed by atoms with Crippen LogP contribution in [-0.4, -0.2) is 42.6 Å². The summed E-state index contributed by atoms with van der Waals surface area (Å²) < 4.78 is 5.28. The lowest BCUT2D eigenvalue weighted by Gasteiger charge is -2.37. The predicted molar refractivity (Wildman–Crippen MR) is 62.1 cm³/mol. The van der Waals surface area contributed by atoms with Gasteiger partial charge in [-0.3, -0.25) is 4.79 Å². The van der Waals surface area contributed by atoms with Gasteiger partial charge in [0.2, 0.25) is 5.91 Å². The number of nitrogens with zero attached hydrogens (tertiary/aromatic N) is 1. The van der Waals surface area contributed by atoms with Crippen LogP contribution in [0.2, 0.25) is 0 Å². The number of methoxy groups -OCH3 is 1. The van der Waals surface area contributed by atoms with Crippen molar-refractivity contribution in [2.75, 3.05) is 13.7 Å². The molecule has 5 heteroatoms. The molecule has 0 spiro atoms. The Labute approximate surface area is 97.5 Å². The van der Waals surface area contributed by atoms with Crippen LogP contribution < -0.4 is 5.73 Å². The maximum absolute atomic E-state index is 11.7. The fourth-order valence-electron chi connectivity index (χ4n) is 1.93. The van der Waals surface area contributed by atoms with E-state index in [4.69, 9.17) is 10.5 Å². The van der Waals surface area contributed by atoms with Gasteiger partial charge in [0.15, 0.2) is 0 Å². The molecule has 0 saturated carbocycles. The molecule has 4 nitrogen and oxygen atoms in total. The van der Waals surface area contributed by atoms with E-state index in [0.29, 0.717) is 6.10 Å². The molecule has 0 aromatic heterocycles. The van der Waals surface area contributed by atoms with E-state index in [2.05, 4.69) is 0 Å². The molecule has 1 rings (SSSR count). The van der Waals surface area contributed by atoms with Crippen molar-refractivity contribution in [3.8, 4) is 0 Å². The Hall–Kier alpha value is -0.320. The van der Waals surface area contributed by atoms with Gasteiger partial charge in [0, 0.05) is 19.7 Å². The van der Waals surface area contributed by atoms with Crippen LogP contribution in [0.5, 0.6) is 0 Å². The number of amides is 1. The first-order valence-corrected chi connectivity index (χ1v) is 5.15. The van der Waals surface area contributed by atoms with Crippen molar-refractivity contribution >= 4 is 18.3 Å². The monoisotopic (exact) mass is 236 g/mol. The van der Waals surface area contributed by atoms with Gasteiger partial charge in [-0.2, -0.15) is 0 Å². The first-order valence-electron chi connectivity index (χ1n) is 5.15. The molecular formula is C10H21ClN2O2. The summed E-state index contributed by atoms with van der Waals surface area (Å²) in [6.45, 7) is 4.54. The van der Waals surface area contributed by atoms with E-state index >= 15 is 0 Å². The maximum Gasteiger partial charge on any atom is 0.239 e. The quantitative estimate of drug-likeness (QED) is 0.771. The Morgan fingerprint density at radius 2 is 2.20 bits per heavy atom. The van der Waals surface area contributed by atoms with Crippen LogP contribution >= 0.6 is 12.4 Å². The van der Waals surface area contributed by atoms with Crippen LogP contribution in [0.15, 0.2) is 0 Å². The Morgan fingerprint density at radius 3 is 2.60 bits per heavy atom. The minimum Gasteiger partial charge on any atom is -0.381 e. The second-order valence-corrected chi connectivity index (χ2v) is 4.05. The minimum atomic E-state index is -0.392. The van der Waals surface area contributed by atoms with Gasteiger partial charge >= 0.3 is 0 Å². The smallest absolute Gasteiger partial charge is 0.239 e. The van der Waals surface area contributed by atoms with Crippen molar-refractivity contribution < 1.29 is 9.53 Å². The highest BCUT2D eigenvalue weighted by molar-refractivity contribution is 5.85. The van der Waals surface area contributed by atoms with Crippen molar-refractivity contribution in [1.82, 2.24) is 4.90 Å². The summed E-state index contributed by atoms with van der Waals surface area (Å²) in [5.41, 5.74) is 5.57. The number of carbonyl (C=O) groups excluding carboxylic acids is 1. The standard InChI is InChI=1S/C10H20N2O2.ClH/c1-7-6-9(14-3)4-5-12(7)10(13)8(2)11;/h7-9H,4-6,11H2,1-3H3;1H/t7?,8-,9?;/m1./s1. The fraction of sp³-hybridized carbons (Fsp3) is 0.900. The van der Waals surface area contributed by atoms with Crippen LogP contribution in [0.1, 0.15) is 26.7 Å². The number of nitrogens with two attached hydrogens (primary N) is 1. The number of halogens is 1. The molecule has 0 bridgehead atoms. The first-order chi connectivity index (χ1) is 6.56. The first kappa shape index (κ1) is 14.7. The Kier molecular flexibility index (Phi) is 6.17. The van der Waals surface area contributed by atoms with Gasteiger partial charge in [0.05, 0.1) is 12.1 Å². The molecule has 2 N–H and O–H groups in total. The summed E-state index contributed by atoms with van der Waals surface area (Å²) in [7, 11) is 1.72. The van der Waals surface area contributed by atoms with E-state index in [0.717, 1.165) is 19.4 Å². The highest BCUT2D eigenvalue weighted by atomic mass is 35.5. The summed E-state index contributed by atoms with van der Waals surface area (Å²) in [5.74, 6) is 0.0482. The van der Waals surface area contributed by atoms with Crippen LogP contribution in [-0.2, 0) is 9.53 Å². The molecule has 1 heterocycles. The van der Waals surface area contributed by atoms with E-state index in [1.807, 2.05) is 11.8 Å². The van der Waals surface area contributed by atoms with Gasteiger partial charge in [-0.1, -0.05) is 0 Å². The van der Waals surface area contributed by atoms with Crippen LogP contribution in [0, 0.1) is 0 Å². The number of rotatable bonds is 2. The zero-order valence-electron chi connectivity index (χ0n) is 9.60. The number of likely N-dealkylation sites (tertiary alicyclic amines) is 1. The summed E-state index contributed by atoms with van der Waals surface area (Å²) in [4.78, 5) is 13.5. The van der Waals surface area contributed by atoms with Crippen molar-refractivity contribution in [1.29, 1.82) is 0 Å². The van der Waals surface area contributed by atoms with E-state index in [-0.39, 0.29) is 24.4 Å². The molecule has 1 amide bonds. The third kappa shape index (κ3) is 3.63. The van der Waals surface area contributed by atoms with Crippen LogP contribution in [0.3, 0.4) is 0 Å². The topological polar surface area (TPSA) is 55.6 Å². The summed E-state index contributed by atoms with van der Waals surface area (Å²) in [6, 6.07) is -0.149. The average molecular weight is 237 g/mol. The van der Waals surface area contributed by atoms with Gasteiger partial charge in [-0.05, 0) is 26.7 Å². The zero-order valence-corrected chi connectivity index (χ0v) is 10.4. The molecule has 0 aromatic rings. The van der Waals surface area contributed by atoms with E-state index in [1.165, 1.54) is 0 Å². The number of hydrogen-bond acceptors (Lipinski definition) is 3. The fourth-order valence-corrected chi connectivity index (χ4v) is 1.93. The highest BCUT2D eigenvalue weighted by Crippen LogP contribution is 2.19. The molecule has 90 valence electrons. The molecule has 0 aliphatic carbocycles. The maximum atomic E-state index is 11.7. The molecule has 2 unspecified atom stereocenters. The third-order valence-electron chi connectivity index (χ3n) is 2.83. The minimum absolute atomic E-state index is 0. The number of carbonyl (C=O) groups is 1. The molecule has 1 aliphatic heterocycles. The van der Waals surface area contributed by atoms with Gasteiger partial charge in [-0.25, -0.2) is 0 Å². The molecule has 1 saturated heterocycles. The lowest BCUT2D eigenvalue weighted by Crippen LogP contribution is -2.51. The number of hydrogen-bond donors (Lipinski definition) is 1. The Bertz CT molecular complexity index is 212. The second kappa shape index (κ2) is 6.30. The lowest BCUT2D eigenvalue weighted by atomic mass is 10.00. The second-order valence-electron chi connectivity index (χ2n) is 4.05. The van der Waals surface area contributed by atoms with Gasteiger partial charge < -0.3 is 15.4 Å². The van der Waals surface area contributed by atoms with Crippen molar-refractivity contribution in [3.63, 3.8) is 0 Å². The van der Waals surface area contributed by atoms with Gasteiger partial charge in [0.1, 0.15) is 0 Å². The third-order valence-corrected chi connectivity index (χ3v) is 2.83. The number of ether oxygens (including phenoxy) is 1. The molecule has 0 aromatic carbocycles. The molecule has 3 atom stereocenters. The van der Waals surface area contributed by atoms with Gasteiger partial charge in [0.25, 0.3) is 0 Å². The normalized spacial score (nSPS) is 28.1. The molecule has 0 radical (unpaired) electrons. The summed E-state index contributed by atoms with van der Waals surface area (Å²) in [6.07, 6.45) is 2.12. The average Bonchev–Trinajstić information content (AvgIpc) is 2.16. The van der Waals surface area contributed by atoms with Crippen LogP contribution in [0.4, 0.5) is 0 Å². The molecule has 15 heavy (non-hydrogen) atoms. The Balaban J connectivity index is 0.00000196. The van der Waals surface area contributed by atoms with Gasteiger partial charge in [-0.15, -0.1) is 12.4 Å². The molecule has 1 fully saturated rings. The van der Waals surface area contributed by atoms with Crippen LogP contribution in [0.25, 0.3) is 0 Å². The Morgan fingerprint density at radius 1 is 1.60 bits per heavy atom. The SMILES string of the molecule is COC1CCN(C(=O)[C@@H](C)N)C(C)C1.Cl. The summed E-state index contributed by atoms with van der Waals surface area (Å²) >= 11 is 0. The lowest BCUT2D eigenvalue weighted by molar-refractivity contribution is -0.137. The highest BCUT2D eigenvalue weighted by Gasteiger charge is 2.29. The van der Waals surface area contributed by atoms with E-state index in [1.54, 1.807) is 14.0 Å². The molecule has 1 aliphatic rings. The molecular weight excluding hydrogens is 216 g/mol.